The minimum atomic E-state index is -0.449. The van der Waals surface area contributed by atoms with Crippen molar-refractivity contribution in [3.05, 3.63) is 0 Å². The van der Waals surface area contributed by atoms with E-state index >= 15 is 0 Å². The normalized spacial score (nSPS) is 28.2. The van der Waals surface area contributed by atoms with Crippen LogP contribution >= 0.6 is 0 Å². The van der Waals surface area contributed by atoms with Gasteiger partial charge in [-0.25, -0.2) is 4.79 Å². The summed E-state index contributed by atoms with van der Waals surface area (Å²) in [5.74, 6) is 0.928. The largest absolute Gasteiger partial charge is 0.444 e. The number of carbonyl (C=O) groups is 2. The number of hydrogen-bond donors (Lipinski definition) is 1. The van der Waals surface area contributed by atoms with Gasteiger partial charge in [0, 0.05) is 26.1 Å². The van der Waals surface area contributed by atoms with Gasteiger partial charge in [0.05, 0.1) is 0 Å². The fourth-order valence-electron chi connectivity index (χ4n) is 2.85. The molecule has 19 heavy (non-hydrogen) atoms. The van der Waals surface area contributed by atoms with Gasteiger partial charge in [0.25, 0.3) is 0 Å². The smallest absolute Gasteiger partial charge is 0.410 e. The van der Waals surface area contributed by atoms with Gasteiger partial charge in [-0.1, -0.05) is 0 Å². The molecule has 2 fully saturated rings. The lowest BCUT2D eigenvalue weighted by Gasteiger charge is -2.36. The third-order valence-electron chi connectivity index (χ3n) is 3.79. The molecule has 5 heteroatoms. The summed E-state index contributed by atoms with van der Waals surface area (Å²) >= 11 is 0. The summed E-state index contributed by atoms with van der Waals surface area (Å²) in [5.41, 5.74) is -0.449. The lowest BCUT2D eigenvalue weighted by molar-refractivity contribution is -0.119. The van der Waals surface area contributed by atoms with E-state index in [1.165, 1.54) is 0 Å². The van der Waals surface area contributed by atoms with Gasteiger partial charge < -0.3 is 15.0 Å². The molecule has 2 rings (SSSR count). The van der Waals surface area contributed by atoms with Crippen molar-refractivity contribution in [2.24, 2.45) is 11.8 Å². The van der Waals surface area contributed by atoms with Gasteiger partial charge in [-0.2, -0.15) is 0 Å². The topological polar surface area (TPSA) is 58.6 Å². The molecule has 2 aliphatic rings. The monoisotopic (exact) mass is 268 g/mol. The molecular formula is C14H24N2O3. The first-order valence-electron chi connectivity index (χ1n) is 7.10. The lowest BCUT2D eigenvalue weighted by atomic mass is 9.85. The Balaban J connectivity index is 1.90. The second-order valence-electron chi connectivity index (χ2n) is 6.60. The number of likely N-dealkylation sites (tertiary alicyclic amines) is 1. The summed E-state index contributed by atoms with van der Waals surface area (Å²) in [6, 6.07) is 0. The number of carbonyl (C=O) groups excluding carboxylic acids is 2. The number of nitrogens with one attached hydrogen (secondary N) is 1. The number of piperidine rings is 1. The van der Waals surface area contributed by atoms with Crippen LogP contribution in [0, 0.1) is 11.8 Å². The molecular weight excluding hydrogens is 244 g/mol. The third-order valence-corrected chi connectivity index (χ3v) is 3.79. The van der Waals surface area contributed by atoms with Gasteiger partial charge in [0.2, 0.25) is 5.91 Å². The Morgan fingerprint density at radius 2 is 2.11 bits per heavy atom. The Bertz CT molecular complexity index is 362. The first kappa shape index (κ1) is 14.2. The van der Waals surface area contributed by atoms with Gasteiger partial charge in [0.1, 0.15) is 5.60 Å². The molecule has 2 saturated heterocycles. The number of ether oxygens (including phenoxy) is 1. The van der Waals surface area contributed by atoms with Crippen molar-refractivity contribution in [3.8, 4) is 0 Å². The van der Waals surface area contributed by atoms with E-state index < -0.39 is 5.60 Å². The quantitative estimate of drug-likeness (QED) is 0.788. The van der Waals surface area contributed by atoms with Crippen molar-refractivity contribution in [2.45, 2.75) is 45.6 Å². The summed E-state index contributed by atoms with van der Waals surface area (Å²) < 4.78 is 5.41. The van der Waals surface area contributed by atoms with Crippen LogP contribution in [0.1, 0.15) is 40.0 Å². The summed E-state index contributed by atoms with van der Waals surface area (Å²) in [7, 11) is 0. The van der Waals surface area contributed by atoms with E-state index in [0.29, 0.717) is 24.8 Å². The summed E-state index contributed by atoms with van der Waals surface area (Å²) in [6.45, 7) is 7.88. The fourth-order valence-corrected chi connectivity index (χ4v) is 2.85. The molecule has 0 radical (unpaired) electrons. The number of rotatable bonds is 1. The molecule has 0 aromatic heterocycles. The SMILES string of the molecule is CC(C)(C)OC(=O)N1CCCC(C2CNC(=O)C2)C1. The highest BCUT2D eigenvalue weighted by atomic mass is 16.6. The minimum absolute atomic E-state index is 0.138. The maximum absolute atomic E-state index is 12.1. The number of hydrogen-bond acceptors (Lipinski definition) is 3. The summed E-state index contributed by atoms with van der Waals surface area (Å²) in [6.07, 6.45) is 2.47. The molecule has 108 valence electrons. The Kier molecular flexibility index (Phi) is 4.02. The van der Waals surface area contributed by atoms with Crippen LogP contribution in [0.3, 0.4) is 0 Å². The molecule has 0 bridgehead atoms. The molecule has 0 saturated carbocycles. The molecule has 2 unspecified atom stereocenters. The molecule has 0 aromatic carbocycles. The van der Waals surface area contributed by atoms with Crippen LogP contribution < -0.4 is 5.32 Å². The zero-order chi connectivity index (χ0) is 14.0. The van der Waals surface area contributed by atoms with Gasteiger partial charge in [0.15, 0.2) is 0 Å². The predicted molar refractivity (Wildman–Crippen MR) is 71.6 cm³/mol. The molecule has 0 spiro atoms. The van der Waals surface area contributed by atoms with E-state index in [4.69, 9.17) is 4.74 Å². The molecule has 2 heterocycles. The first-order chi connectivity index (χ1) is 8.85. The Morgan fingerprint density at radius 1 is 1.37 bits per heavy atom. The van der Waals surface area contributed by atoms with Gasteiger partial charge >= 0.3 is 6.09 Å². The van der Waals surface area contributed by atoms with E-state index in [-0.39, 0.29) is 12.0 Å². The maximum Gasteiger partial charge on any atom is 0.410 e. The molecule has 2 atom stereocenters. The van der Waals surface area contributed by atoms with Crippen molar-refractivity contribution in [1.29, 1.82) is 0 Å². The second kappa shape index (κ2) is 5.39. The van der Waals surface area contributed by atoms with Crippen molar-refractivity contribution < 1.29 is 14.3 Å². The van der Waals surface area contributed by atoms with Crippen LogP contribution in [0.15, 0.2) is 0 Å². The van der Waals surface area contributed by atoms with Crippen LogP contribution in [0.5, 0.6) is 0 Å². The minimum Gasteiger partial charge on any atom is -0.444 e. The summed E-state index contributed by atoms with van der Waals surface area (Å²) in [5, 5.41) is 2.88. The zero-order valence-electron chi connectivity index (χ0n) is 12.1. The van der Waals surface area contributed by atoms with Gasteiger partial charge in [-0.15, -0.1) is 0 Å². The van der Waals surface area contributed by atoms with E-state index in [1.54, 1.807) is 4.90 Å². The van der Waals surface area contributed by atoms with E-state index in [1.807, 2.05) is 20.8 Å². The van der Waals surface area contributed by atoms with E-state index in [0.717, 1.165) is 25.9 Å². The lowest BCUT2D eigenvalue weighted by Crippen LogP contribution is -2.44. The standard InChI is InChI=1S/C14H24N2O3/c1-14(2,3)19-13(18)16-6-4-5-10(9-16)11-7-12(17)15-8-11/h10-11H,4-9H2,1-3H3,(H,15,17). The maximum atomic E-state index is 12.1. The second-order valence-corrected chi connectivity index (χ2v) is 6.60. The highest BCUT2D eigenvalue weighted by Crippen LogP contribution is 2.29. The summed E-state index contributed by atoms with van der Waals surface area (Å²) in [4.78, 5) is 25.1. The highest BCUT2D eigenvalue weighted by molar-refractivity contribution is 5.78. The number of amides is 2. The van der Waals surface area contributed by atoms with Gasteiger partial charge in [-0.05, 0) is 45.4 Å². The van der Waals surface area contributed by atoms with Crippen molar-refractivity contribution in [1.82, 2.24) is 10.2 Å². The van der Waals surface area contributed by atoms with Crippen LogP contribution in [-0.4, -0.2) is 42.1 Å². The van der Waals surface area contributed by atoms with Crippen molar-refractivity contribution >= 4 is 12.0 Å². The van der Waals surface area contributed by atoms with Crippen LogP contribution in [0.2, 0.25) is 0 Å². The van der Waals surface area contributed by atoms with Crippen molar-refractivity contribution in [2.75, 3.05) is 19.6 Å². The highest BCUT2D eigenvalue weighted by Gasteiger charge is 2.34. The fraction of sp³-hybridized carbons (Fsp3) is 0.857. The van der Waals surface area contributed by atoms with Crippen molar-refractivity contribution in [3.63, 3.8) is 0 Å². The van der Waals surface area contributed by atoms with E-state index in [2.05, 4.69) is 5.32 Å². The Hall–Kier alpha value is -1.26. The molecule has 5 nitrogen and oxygen atoms in total. The van der Waals surface area contributed by atoms with Crippen LogP contribution in [0.25, 0.3) is 0 Å². The molecule has 0 aromatic rings. The molecule has 1 N–H and O–H groups in total. The van der Waals surface area contributed by atoms with Gasteiger partial charge in [-0.3, -0.25) is 4.79 Å². The number of nitrogens with zero attached hydrogens (tertiary/aromatic N) is 1. The average Bonchev–Trinajstić information content (AvgIpc) is 2.74. The molecule has 2 amide bonds. The third kappa shape index (κ3) is 3.85. The molecule has 0 aliphatic carbocycles. The van der Waals surface area contributed by atoms with Crippen LogP contribution in [-0.2, 0) is 9.53 Å². The van der Waals surface area contributed by atoms with E-state index in [9.17, 15) is 9.59 Å². The molecule has 2 aliphatic heterocycles. The average molecular weight is 268 g/mol. The zero-order valence-corrected chi connectivity index (χ0v) is 12.1. The Labute approximate surface area is 114 Å². The van der Waals surface area contributed by atoms with Crippen LogP contribution in [0.4, 0.5) is 4.79 Å². The first-order valence-corrected chi connectivity index (χ1v) is 7.10. The Morgan fingerprint density at radius 3 is 2.68 bits per heavy atom. The predicted octanol–water partition coefficient (Wildman–Crippen LogP) is 1.77.